The fraction of sp³-hybridized carbons (Fsp3) is 0.636. The zero-order chi connectivity index (χ0) is 18.0. The van der Waals surface area contributed by atoms with Crippen LogP contribution in [0.4, 0.5) is 0 Å². The summed E-state index contributed by atoms with van der Waals surface area (Å²) in [7, 11) is 0. The van der Waals surface area contributed by atoms with Gasteiger partial charge >= 0.3 is 0 Å². The van der Waals surface area contributed by atoms with Crippen molar-refractivity contribution in [2.75, 3.05) is 6.54 Å². The number of nitrogens with one attached hydrogen (secondary N) is 1. The Labute approximate surface area is 157 Å². The largest absolute Gasteiger partial charge is 0.337 e. The highest BCUT2D eigenvalue weighted by Gasteiger charge is 2.22. The Hall–Kier alpha value is -1.68. The molecule has 0 bridgehead atoms. The maximum atomic E-state index is 5.44. The molecule has 0 radical (unpaired) electrons. The smallest absolute Gasteiger partial charge is 0.244 e. The van der Waals surface area contributed by atoms with Gasteiger partial charge in [0.2, 0.25) is 11.7 Å². The van der Waals surface area contributed by atoms with Crippen LogP contribution in [0.3, 0.4) is 0 Å². The van der Waals surface area contributed by atoms with E-state index in [-0.39, 0.29) is 6.04 Å². The highest BCUT2D eigenvalue weighted by molar-refractivity contribution is 5.54. The normalized spacial score (nSPS) is 17.0. The predicted octanol–water partition coefficient (Wildman–Crippen LogP) is 5.84. The second-order valence-electron chi connectivity index (χ2n) is 7.53. The Bertz CT molecular complexity index is 629. The van der Waals surface area contributed by atoms with Gasteiger partial charge in [0.1, 0.15) is 0 Å². The first-order chi connectivity index (χ1) is 12.9. The Morgan fingerprint density at radius 1 is 1.00 bits per heavy atom. The lowest BCUT2D eigenvalue weighted by Gasteiger charge is -2.03. The summed E-state index contributed by atoms with van der Waals surface area (Å²) in [4.78, 5) is 4.57. The third kappa shape index (κ3) is 5.66. The minimum absolute atomic E-state index is 0.234. The van der Waals surface area contributed by atoms with E-state index in [4.69, 9.17) is 4.52 Å². The molecule has 1 N–H and O–H groups in total. The Kier molecular flexibility index (Phi) is 7.68. The third-order valence-corrected chi connectivity index (χ3v) is 5.33. The van der Waals surface area contributed by atoms with Crippen molar-refractivity contribution in [2.45, 2.75) is 83.6 Å². The molecule has 0 spiro atoms. The van der Waals surface area contributed by atoms with Gasteiger partial charge in [-0.1, -0.05) is 81.3 Å². The van der Waals surface area contributed by atoms with Crippen molar-refractivity contribution in [1.82, 2.24) is 15.5 Å². The molecule has 1 saturated heterocycles. The molecule has 4 nitrogen and oxygen atoms in total. The van der Waals surface area contributed by atoms with Crippen LogP contribution in [0.1, 0.15) is 88.6 Å². The van der Waals surface area contributed by atoms with Crippen molar-refractivity contribution < 1.29 is 4.52 Å². The van der Waals surface area contributed by atoms with E-state index in [0.29, 0.717) is 5.82 Å². The first kappa shape index (κ1) is 19.1. The van der Waals surface area contributed by atoms with E-state index >= 15 is 0 Å². The number of hydrogen-bond acceptors (Lipinski definition) is 4. The third-order valence-electron chi connectivity index (χ3n) is 5.33. The lowest BCUT2D eigenvalue weighted by Crippen LogP contribution is -2.12. The zero-order valence-electron chi connectivity index (χ0n) is 16.2. The Morgan fingerprint density at radius 3 is 2.42 bits per heavy atom. The summed E-state index contributed by atoms with van der Waals surface area (Å²) < 4.78 is 5.44. The second kappa shape index (κ2) is 10.5. The number of unbranched alkanes of at least 4 members (excludes halogenated alkanes) is 7. The number of aryl methyl sites for hydroxylation is 1. The quantitative estimate of drug-likeness (QED) is 0.514. The summed E-state index contributed by atoms with van der Waals surface area (Å²) in [6.07, 6.45) is 14.4. The monoisotopic (exact) mass is 355 g/mol. The molecular weight excluding hydrogens is 322 g/mol. The Balaban J connectivity index is 1.39. The predicted molar refractivity (Wildman–Crippen MR) is 106 cm³/mol. The molecule has 2 aromatic rings. The van der Waals surface area contributed by atoms with Crippen molar-refractivity contribution in [2.24, 2.45) is 0 Å². The van der Waals surface area contributed by atoms with E-state index in [1.807, 2.05) is 0 Å². The van der Waals surface area contributed by atoms with Crippen LogP contribution in [0.15, 0.2) is 28.8 Å². The summed E-state index contributed by atoms with van der Waals surface area (Å²) in [5.41, 5.74) is 2.44. The molecule has 1 atom stereocenters. The van der Waals surface area contributed by atoms with Crippen molar-refractivity contribution in [3.8, 4) is 11.4 Å². The lowest BCUT2D eigenvalue weighted by molar-refractivity contribution is 0.345. The van der Waals surface area contributed by atoms with Gasteiger partial charge in [-0.05, 0) is 37.8 Å². The molecule has 142 valence electrons. The van der Waals surface area contributed by atoms with Crippen LogP contribution in [-0.2, 0) is 6.42 Å². The molecule has 0 amide bonds. The van der Waals surface area contributed by atoms with Crippen LogP contribution in [0.25, 0.3) is 11.4 Å². The maximum Gasteiger partial charge on any atom is 0.244 e. The zero-order valence-corrected chi connectivity index (χ0v) is 16.2. The van der Waals surface area contributed by atoms with Gasteiger partial charge in [-0.25, -0.2) is 0 Å². The van der Waals surface area contributed by atoms with E-state index in [1.165, 1.54) is 69.8 Å². The summed E-state index contributed by atoms with van der Waals surface area (Å²) in [5.74, 6) is 1.42. The van der Waals surface area contributed by atoms with Gasteiger partial charge in [0.05, 0.1) is 6.04 Å². The van der Waals surface area contributed by atoms with Crippen molar-refractivity contribution >= 4 is 0 Å². The van der Waals surface area contributed by atoms with Crippen molar-refractivity contribution in [1.29, 1.82) is 0 Å². The molecule has 1 aliphatic rings. The molecule has 3 rings (SSSR count). The SMILES string of the molecule is CCCCCCCCCCc1ccc(-c2noc([C@@H]3CCCN3)n2)cc1. The highest BCUT2D eigenvalue weighted by atomic mass is 16.5. The number of nitrogens with zero attached hydrogens (tertiary/aromatic N) is 2. The molecule has 1 aromatic carbocycles. The minimum atomic E-state index is 0.234. The van der Waals surface area contributed by atoms with Gasteiger partial charge < -0.3 is 9.84 Å². The van der Waals surface area contributed by atoms with E-state index in [9.17, 15) is 0 Å². The summed E-state index contributed by atoms with van der Waals surface area (Å²) in [6, 6.07) is 8.89. The number of aromatic nitrogens is 2. The molecule has 2 heterocycles. The molecule has 26 heavy (non-hydrogen) atoms. The summed E-state index contributed by atoms with van der Waals surface area (Å²) in [5, 5.41) is 7.55. The average molecular weight is 356 g/mol. The van der Waals surface area contributed by atoms with Gasteiger partial charge in [0, 0.05) is 5.56 Å². The first-order valence-corrected chi connectivity index (χ1v) is 10.5. The van der Waals surface area contributed by atoms with E-state index in [0.717, 1.165) is 24.4 Å². The molecule has 0 saturated carbocycles. The van der Waals surface area contributed by atoms with Crippen LogP contribution in [0.5, 0.6) is 0 Å². The van der Waals surface area contributed by atoms with E-state index in [1.54, 1.807) is 0 Å². The average Bonchev–Trinajstić information content (AvgIpc) is 3.36. The van der Waals surface area contributed by atoms with E-state index < -0.39 is 0 Å². The van der Waals surface area contributed by atoms with Gasteiger partial charge in [0.25, 0.3) is 0 Å². The minimum Gasteiger partial charge on any atom is -0.337 e. The molecule has 4 heteroatoms. The van der Waals surface area contributed by atoms with Crippen LogP contribution in [0, 0.1) is 0 Å². The fourth-order valence-corrected chi connectivity index (χ4v) is 3.67. The molecular formula is C22H33N3O. The van der Waals surface area contributed by atoms with Crippen molar-refractivity contribution in [3.63, 3.8) is 0 Å². The topological polar surface area (TPSA) is 51.0 Å². The number of rotatable bonds is 11. The molecule has 1 aromatic heterocycles. The summed E-state index contributed by atoms with van der Waals surface area (Å²) >= 11 is 0. The first-order valence-electron chi connectivity index (χ1n) is 10.5. The molecule has 0 unspecified atom stereocenters. The second-order valence-corrected chi connectivity index (χ2v) is 7.53. The van der Waals surface area contributed by atoms with Crippen LogP contribution in [0.2, 0.25) is 0 Å². The van der Waals surface area contributed by atoms with Crippen LogP contribution >= 0.6 is 0 Å². The fourth-order valence-electron chi connectivity index (χ4n) is 3.67. The molecule has 0 aliphatic carbocycles. The maximum absolute atomic E-state index is 5.44. The standard InChI is InChI=1S/C22H33N3O/c1-2-3-4-5-6-7-8-9-11-18-13-15-19(16-14-18)21-24-22(26-25-21)20-12-10-17-23-20/h13-16,20,23H,2-12,17H2,1H3/t20-/m0/s1. The van der Waals surface area contributed by atoms with Gasteiger partial charge in [-0.3, -0.25) is 0 Å². The number of hydrogen-bond donors (Lipinski definition) is 1. The highest BCUT2D eigenvalue weighted by Crippen LogP contribution is 2.24. The number of benzene rings is 1. The molecule has 1 fully saturated rings. The Morgan fingerprint density at radius 2 is 1.73 bits per heavy atom. The summed E-state index contributed by atoms with van der Waals surface area (Å²) in [6.45, 7) is 3.31. The van der Waals surface area contributed by atoms with Crippen molar-refractivity contribution in [3.05, 3.63) is 35.7 Å². The van der Waals surface area contributed by atoms with Gasteiger partial charge in [-0.2, -0.15) is 4.98 Å². The molecule has 1 aliphatic heterocycles. The van der Waals surface area contributed by atoms with E-state index in [2.05, 4.69) is 46.6 Å². The lowest BCUT2D eigenvalue weighted by atomic mass is 10.0. The van der Waals surface area contributed by atoms with Crippen LogP contribution in [-0.4, -0.2) is 16.7 Å². The van der Waals surface area contributed by atoms with Crippen LogP contribution < -0.4 is 5.32 Å². The van der Waals surface area contributed by atoms with Gasteiger partial charge in [-0.15, -0.1) is 0 Å². The van der Waals surface area contributed by atoms with Gasteiger partial charge in [0.15, 0.2) is 0 Å².